The third-order valence-electron chi connectivity index (χ3n) is 1.44. The Kier molecular flexibility index (Phi) is 1.33. The lowest BCUT2D eigenvalue weighted by atomic mass is 10.9. The summed E-state index contributed by atoms with van der Waals surface area (Å²) in [5.74, 6) is 0.664. The quantitative estimate of drug-likeness (QED) is 0.662. The van der Waals surface area contributed by atoms with Gasteiger partial charge in [-0.05, 0) is 0 Å². The van der Waals surface area contributed by atoms with Gasteiger partial charge < -0.3 is 5.73 Å². The molecule has 6 heteroatoms. The highest BCUT2D eigenvalue weighted by molar-refractivity contribution is 6.29. The molecule has 5 nitrogen and oxygen atoms in total. The zero-order valence-corrected chi connectivity index (χ0v) is 6.36. The van der Waals surface area contributed by atoms with Gasteiger partial charge in [0.05, 0.1) is 12.9 Å². The maximum Gasteiger partial charge on any atom is 0.234 e. The molecule has 0 aliphatic carbocycles. The predicted octanol–water partition coefficient (Wildman–Crippen LogP) is 0.100. The Morgan fingerprint density at radius 2 is 2.45 bits per heavy atom. The number of imidazole rings is 1. The molecule has 0 amide bonds. The first kappa shape index (κ1) is 6.63. The summed E-state index contributed by atoms with van der Waals surface area (Å²) in [6.07, 6.45) is 3.14. The van der Waals surface area contributed by atoms with Crippen molar-refractivity contribution in [2.24, 2.45) is 5.73 Å². The highest BCUT2D eigenvalue weighted by Gasteiger charge is 2.04. The number of rotatable bonds is 1. The molecular formula is C5H6ClN5. The van der Waals surface area contributed by atoms with Crippen molar-refractivity contribution in [3.8, 4) is 0 Å². The zero-order chi connectivity index (χ0) is 7.84. The Morgan fingerprint density at radius 3 is 3.18 bits per heavy atom. The van der Waals surface area contributed by atoms with Crippen molar-refractivity contribution in [3.63, 3.8) is 0 Å². The Labute approximate surface area is 67.4 Å². The van der Waals surface area contributed by atoms with E-state index >= 15 is 0 Å². The van der Waals surface area contributed by atoms with Crippen LogP contribution in [-0.4, -0.2) is 19.2 Å². The van der Waals surface area contributed by atoms with Gasteiger partial charge in [0.25, 0.3) is 0 Å². The lowest BCUT2D eigenvalue weighted by Gasteiger charge is -1.90. The van der Waals surface area contributed by atoms with Gasteiger partial charge in [-0.25, -0.2) is 9.67 Å². The molecule has 0 atom stereocenters. The van der Waals surface area contributed by atoms with Gasteiger partial charge in [0.1, 0.15) is 11.5 Å². The van der Waals surface area contributed by atoms with Crippen LogP contribution in [0.5, 0.6) is 0 Å². The van der Waals surface area contributed by atoms with E-state index in [-0.39, 0.29) is 0 Å². The fourth-order valence-corrected chi connectivity index (χ4v) is 1.09. The fourth-order valence-electron chi connectivity index (χ4n) is 0.923. The number of halogens is 1. The van der Waals surface area contributed by atoms with E-state index < -0.39 is 0 Å². The summed E-state index contributed by atoms with van der Waals surface area (Å²) in [6, 6.07) is 0. The zero-order valence-electron chi connectivity index (χ0n) is 5.61. The van der Waals surface area contributed by atoms with Gasteiger partial charge in [-0.15, -0.1) is 0 Å². The third-order valence-corrected chi connectivity index (χ3v) is 1.72. The van der Waals surface area contributed by atoms with Crippen LogP contribution in [0.4, 0.5) is 0 Å². The summed E-state index contributed by atoms with van der Waals surface area (Å²) in [5, 5.41) is 4.48. The topological polar surface area (TPSA) is 61.1 Å². The molecule has 2 rings (SSSR count). The molecule has 0 unspecified atom stereocenters. The predicted molar refractivity (Wildman–Crippen MR) is 40.2 cm³/mol. The minimum Gasteiger partial charge on any atom is -0.312 e. The molecule has 0 spiro atoms. The molecule has 0 saturated carbocycles. The van der Waals surface area contributed by atoms with Crippen LogP contribution in [0.2, 0.25) is 5.15 Å². The lowest BCUT2D eigenvalue weighted by Crippen LogP contribution is -2.08. The van der Waals surface area contributed by atoms with Crippen molar-refractivity contribution in [2.45, 2.75) is 6.67 Å². The summed E-state index contributed by atoms with van der Waals surface area (Å²) in [4.78, 5) is 4.00. The Hall–Kier alpha value is -1.07. The standard InChI is InChI=1S/C5H6ClN5/c6-4-1-8-5-10(4)3-9-11(5)2-7/h1,3H,2,7H2. The molecule has 2 heterocycles. The highest BCUT2D eigenvalue weighted by atomic mass is 35.5. The first-order chi connectivity index (χ1) is 5.33. The summed E-state index contributed by atoms with van der Waals surface area (Å²) in [6.45, 7) is 0.309. The lowest BCUT2D eigenvalue weighted by molar-refractivity contribution is 0.654. The smallest absolute Gasteiger partial charge is 0.234 e. The van der Waals surface area contributed by atoms with Crippen molar-refractivity contribution in [2.75, 3.05) is 0 Å². The van der Waals surface area contributed by atoms with Gasteiger partial charge >= 0.3 is 0 Å². The second kappa shape index (κ2) is 2.21. The average molecular weight is 172 g/mol. The largest absolute Gasteiger partial charge is 0.312 e. The van der Waals surface area contributed by atoms with E-state index in [9.17, 15) is 0 Å². The molecule has 2 N–H and O–H groups in total. The van der Waals surface area contributed by atoms with E-state index in [0.29, 0.717) is 17.6 Å². The Bertz CT molecular complexity index is 375. The van der Waals surface area contributed by atoms with Crippen LogP contribution in [0.25, 0.3) is 5.78 Å². The SMILES string of the molecule is NCn1ncn2c(Cl)cnc12. The van der Waals surface area contributed by atoms with Crippen LogP contribution >= 0.6 is 11.6 Å². The molecule has 0 aliphatic rings. The molecule has 2 aromatic heterocycles. The van der Waals surface area contributed by atoms with E-state index in [1.165, 1.54) is 0 Å². The van der Waals surface area contributed by atoms with Gasteiger partial charge in [-0.1, -0.05) is 11.6 Å². The summed E-state index contributed by atoms with van der Waals surface area (Å²) in [5.41, 5.74) is 5.37. The molecule has 0 bridgehead atoms. The molecule has 2 aromatic rings. The molecular weight excluding hydrogens is 166 g/mol. The van der Waals surface area contributed by atoms with Crippen LogP contribution in [0.15, 0.2) is 12.5 Å². The molecule has 0 fully saturated rings. The minimum absolute atomic E-state index is 0.309. The second-order valence-electron chi connectivity index (χ2n) is 2.06. The first-order valence-corrected chi connectivity index (χ1v) is 3.45. The fraction of sp³-hybridized carbons (Fsp3) is 0.200. The Balaban J connectivity index is 2.77. The first-order valence-electron chi connectivity index (χ1n) is 3.07. The number of hydrogen-bond acceptors (Lipinski definition) is 3. The van der Waals surface area contributed by atoms with E-state index in [1.54, 1.807) is 21.6 Å². The van der Waals surface area contributed by atoms with Crippen LogP contribution < -0.4 is 5.73 Å². The molecule has 0 aliphatic heterocycles. The minimum atomic E-state index is 0.309. The number of aromatic nitrogens is 4. The summed E-state index contributed by atoms with van der Waals surface area (Å²) in [7, 11) is 0. The van der Waals surface area contributed by atoms with Crippen molar-refractivity contribution in [3.05, 3.63) is 17.7 Å². The molecule has 0 radical (unpaired) electrons. The van der Waals surface area contributed by atoms with Gasteiger partial charge in [-0.3, -0.25) is 4.40 Å². The van der Waals surface area contributed by atoms with Crippen LogP contribution in [0.3, 0.4) is 0 Å². The van der Waals surface area contributed by atoms with Crippen molar-refractivity contribution >= 4 is 17.4 Å². The van der Waals surface area contributed by atoms with Gasteiger partial charge in [0.2, 0.25) is 5.78 Å². The monoisotopic (exact) mass is 171 g/mol. The van der Waals surface area contributed by atoms with Crippen LogP contribution in [0, 0.1) is 0 Å². The molecule has 58 valence electrons. The second-order valence-corrected chi connectivity index (χ2v) is 2.45. The van der Waals surface area contributed by atoms with Crippen LogP contribution in [0.1, 0.15) is 0 Å². The summed E-state index contributed by atoms with van der Waals surface area (Å²) < 4.78 is 3.22. The van der Waals surface area contributed by atoms with E-state index in [1.807, 2.05) is 0 Å². The third kappa shape index (κ3) is 0.816. The maximum absolute atomic E-state index is 5.75. The molecule has 0 saturated heterocycles. The number of nitrogens with zero attached hydrogens (tertiary/aromatic N) is 4. The van der Waals surface area contributed by atoms with Gasteiger partial charge in [-0.2, -0.15) is 5.10 Å². The highest BCUT2D eigenvalue weighted by Crippen LogP contribution is 2.09. The number of fused-ring (bicyclic) bond motifs is 1. The number of nitrogens with two attached hydrogens (primary N) is 1. The maximum atomic E-state index is 5.75. The van der Waals surface area contributed by atoms with E-state index in [2.05, 4.69) is 10.1 Å². The normalized spacial score (nSPS) is 11.1. The number of hydrogen-bond donors (Lipinski definition) is 1. The van der Waals surface area contributed by atoms with E-state index in [4.69, 9.17) is 17.3 Å². The van der Waals surface area contributed by atoms with Crippen molar-refractivity contribution in [1.29, 1.82) is 0 Å². The van der Waals surface area contributed by atoms with Gasteiger partial charge in [0.15, 0.2) is 0 Å². The van der Waals surface area contributed by atoms with Crippen molar-refractivity contribution in [1.82, 2.24) is 19.2 Å². The van der Waals surface area contributed by atoms with Gasteiger partial charge in [0, 0.05) is 0 Å². The van der Waals surface area contributed by atoms with Crippen molar-refractivity contribution < 1.29 is 0 Å². The van der Waals surface area contributed by atoms with E-state index in [0.717, 1.165) is 0 Å². The summed E-state index contributed by atoms with van der Waals surface area (Å²) >= 11 is 5.75. The molecule has 11 heavy (non-hydrogen) atoms. The average Bonchev–Trinajstić information content (AvgIpc) is 2.53. The molecule has 0 aromatic carbocycles. The van der Waals surface area contributed by atoms with Crippen LogP contribution in [-0.2, 0) is 6.67 Å². The Morgan fingerprint density at radius 1 is 1.64 bits per heavy atom.